The minimum Gasteiger partial charge on any atom is -0.507 e. The first-order valence-electron chi connectivity index (χ1n) is 7.78. The second-order valence-corrected chi connectivity index (χ2v) is 5.74. The van der Waals surface area contributed by atoms with Crippen molar-refractivity contribution < 1.29 is 19.6 Å². The molecule has 0 saturated heterocycles. The van der Waals surface area contributed by atoms with Gasteiger partial charge in [-0.1, -0.05) is 12.1 Å². The number of carbonyl (C=O) groups is 1. The molecule has 0 aliphatic rings. The number of phenolic OH excluding ortho intramolecular Hbond substituents is 1. The molecular formula is C18H19N3O5. The Morgan fingerprint density at radius 2 is 2.04 bits per heavy atom. The Kier molecular flexibility index (Phi) is 5.90. The van der Waals surface area contributed by atoms with E-state index in [4.69, 9.17) is 4.74 Å². The number of aromatic hydroxyl groups is 1. The van der Waals surface area contributed by atoms with E-state index >= 15 is 0 Å². The molecule has 0 atom stereocenters. The predicted molar refractivity (Wildman–Crippen MR) is 96.6 cm³/mol. The topological polar surface area (TPSA) is 114 Å². The number of rotatable bonds is 6. The number of benzene rings is 2. The van der Waals surface area contributed by atoms with Crippen LogP contribution in [-0.4, -0.2) is 28.8 Å². The number of hydrazone groups is 1. The molecule has 1 amide bonds. The number of phenols is 1. The Bertz CT molecular complexity index is 877. The summed E-state index contributed by atoms with van der Waals surface area (Å²) in [4.78, 5) is 22.1. The van der Waals surface area contributed by atoms with Crippen LogP contribution in [0.15, 0.2) is 35.4 Å². The van der Waals surface area contributed by atoms with Crippen LogP contribution in [0.1, 0.15) is 22.3 Å². The molecule has 136 valence electrons. The van der Waals surface area contributed by atoms with Gasteiger partial charge in [-0.25, -0.2) is 5.43 Å². The standard InChI is InChI=1S/C18H19N3O5/c1-11-5-4-6-16(13(11)3)26-10-17(22)20-19-9-14-8-15(21(24)25)7-12(2)18(14)23/h4-9,23H,10H2,1-3H3,(H,20,22)/b19-9-. The van der Waals surface area contributed by atoms with Gasteiger partial charge in [0.05, 0.1) is 11.1 Å². The van der Waals surface area contributed by atoms with Gasteiger partial charge in [0, 0.05) is 17.7 Å². The minimum atomic E-state index is -0.569. The SMILES string of the molecule is Cc1cccc(OCC(=O)N/N=C\c2cc([N+](=O)[O-])cc(C)c2O)c1C. The van der Waals surface area contributed by atoms with Crippen LogP contribution in [0.2, 0.25) is 0 Å². The van der Waals surface area contributed by atoms with Crippen LogP contribution in [0.25, 0.3) is 0 Å². The van der Waals surface area contributed by atoms with E-state index in [-0.39, 0.29) is 23.6 Å². The van der Waals surface area contributed by atoms with Crippen molar-refractivity contribution in [1.82, 2.24) is 5.43 Å². The zero-order valence-corrected chi connectivity index (χ0v) is 14.6. The molecule has 8 heteroatoms. The molecule has 2 aromatic rings. The molecule has 0 bridgehead atoms. The average Bonchev–Trinajstić information content (AvgIpc) is 2.59. The van der Waals surface area contributed by atoms with Gasteiger partial charge < -0.3 is 9.84 Å². The molecule has 0 radical (unpaired) electrons. The Morgan fingerprint density at radius 1 is 1.31 bits per heavy atom. The summed E-state index contributed by atoms with van der Waals surface area (Å²) in [5.41, 5.74) is 4.55. The molecule has 8 nitrogen and oxygen atoms in total. The molecule has 0 saturated carbocycles. The largest absolute Gasteiger partial charge is 0.507 e. The number of aryl methyl sites for hydroxylation is 2. The zero-order valence-electron chi connectivity index (χ0n) is 14.6. The highest BCUT2D eigenvalue weighted by atomic mass is 16.6. The molecule has 0 aliphatic carbocycles. The third-order valence-electron chi connectivity index (χ3n) is 3.83. The van der Waals surface area contributed by atoms with Crippen molar-refractivity contribution in [2.45, 2.75) is 20.8 Å². The van der Waals surface area contributed by atoms with Gasteiger partial charge in [0.25, 0.3) is 11.6 Å². The summed E-state index contributed by atoms with van der Waals surface area (Å²) in [6.45, 7) is 5.14. The zero-order chi connectivity index (χ0) is 19.3. The van der Waals surface area contributed by atoms with Crippen LogP contribution in [-0.2, 0) is 4.79 Å². The Morgan fingerprint density at radius 3 is 2.73 bits per heavy atom. The number of ether oxygens (including phenoxy) is 1. The lowest BCUT2D eigenvalue weighted by atomic mass is 10.1. The van der Waals surface area contributed by atoms with Crippen LogP contribution in [0.4, 0.5) is 5.69 Å². The summed E-state index contributed by atoms with van der Waals surface area (Å²) in [6, 6.07) is 7.97. The van der Waals surface area contributed by atoms with E-state index in [1.807, 2.05) is 26.0 Å². The second kappa shape index (κ2) is 8.11. The molecule has 2 aromatic carbocycles. The van der Waals surface area contributed by atoms with E-state index in [1.54, 1.807) is 6.07 Å². The number of nitro groups is 1. The van der Waals surface area contributed by atoms with Crippen LogP contribution in [0, 0.1) is 30.9 Å². The van der Waals surface area contributed by atoms with E-state index < -0.39 is 10.8 Å². The van der Waals surface area contributed by atoms with E-state index in [2.05, 4.69) is 10.5 Å². The summed E-state index contributed by atoms with van der Waals surface area (Å²) >= 11 is 0. The Labute approximate surface area is 150 Å². The first kappa shape index (κ1) is 18.9. The fourth-order valence-electron chi connectivity index (χ4n) is 2.22. The van der Waals surface area contributed by atoms with Crippen molar-refractivity contribution in [3.05, 3.63) is 62.7 Å². The fourth-order valence-corrected chi connectivity index (χ4v) is 2.22. The number of carbonyl (C=O) groups excluding carboxylic acids is 1. The summed E-state index contributed by atoms with van der Waals surface area (Å²) in [5.74, 6) is -0.0277. The van der Waals surface area contributed by atoms with Gasteiger partial charge in [-0.15, -0.1) is 0 Å². The van der Waals surface area contributed by atoms with Crippen LogP contribution >= 0.6 is 0 Å². The maximum absolute atomic E-state index is 11.8. The van der Waals surface area contributed by atoms with Gasteiger partial charge in [0.15, 0.2) is 6.61 Å². The highest BCUT2D eigenvalue weighted by Crippen LogP contribution is 2.26. The smallest absolute Gasteiger partial charge is 0.277 e. The molecule has 0 aromatic heterocycles. The first-order chi connectivity index (χ1) is 12.3. The van der Waals surface area contributed by atoms with Gasteiger partial charge in [-0.3, -0.25) is 14.9 Å². The molecule has 0 spiro atoms. The van der Waals surface area contributed by atoms with E-state index in [0.29, 0.717) is 11.3 Å². The number of amides is 1. The first-order valence-corrected chi connectivity index (χ1v) is 7.78. The van der Waals surface area contributed by atoms with Crippen molar-refractivity contribution >= 4 is 17.8 Å². The van der Waals surface area contributed by atoms with Gasteiger partial charge in [-0.05, 0) is 43.5 Å². The number of non-ortho nitro benzene ring substituents is 1. The lowest BCUT2D eigenvalue weighted by Gasteiger charge is -2.09. The molecule has 0 unspecified atom stereocenters. The number of nitro benzene ring substituents is 1. The number of nitrogens with zero attached hydrogens (tertiary/aromatic N) is 2. The number of nitrogens with one attached hydrogen (secondary N) is 1. The maximum atomic E-state index is 11.8. The molecule has 0 heterocycles. The van der Waals surface area contributed by atoms with Crippen molar-refractivity contribution in [2.75, 3.05) is 6.61 Å². The summed E-state index contributed by atoms with van der Waals surface area (Å²) in [6.07, 6.45) is 1.14. The number of hydrogen-bond donors (Lipinski definition) is 2. The lowest BCUT2D eigenvalue weighted by molar-refractivity contribution is -0.384. The third kappa shape index (κ3) is 4.56. The molecule has 0 fully saturated rings. The fraction of sp³-hybridized carbons (Fsp3) is 0.222. The van der Waals surface area contributed by atoms with Crippen molar-refractivity contribution in [1.29, 1.82) is 0 Å². The van der Waals surface area contributed by atoms with Crippen LogP contribution < -0.4 is 10.2 Å². The van der Waals surface area contributed by atoms with Gasteiger partial charge in [0.1, 0.15) is 11.5 Å². The average molecular weight is 357 g/mol. The van der Waals surface area contributed by atoms with Crippen LogP contribution in [0.3, 0.4) is 0 Å². The van der Waals surface area contributed by atoms with E-state index in [1.165, 1.54) is 19.1 Å². The lowest BCUT2D eigenvalue weighted by Crippen LogP contribution is -2.24. The van der Waals surface area contributed by atoms with Gasteiger partial charge in [-0.2, -0.15) is 5.10 Å². The van der Waals surface area contributed by atoms with E-state index in [9.17, 15) is 20.0 Å². The van der Waals surface area contributed by atoms with Crippen molar-refractivity contribution in [3.8, 4) is 11.5 Å². The Hall–Kier alpha value is -3.42. The molecule has 0 aliphatic heterocycles. The predicted octanol–water partition coefficient (Wildman–Crippen LogP) is 2.75. The summed E-state index contributed by atoms with van der Waals surface area (Å²) in [5, 5.41) is 24.5. The molecule has 2 rings (SSSR count). The molecule has 26 heavy (non-hydrogen) atoms. The summed E-state index contributed by atoms with van der Waals surface area (Å²) < 4.78 is 5.45. The van der Waals surface area contributed by atoms with E-state index in [0.717, 1.165) is 17.3 Å². The second-order valence-electron chi connectivity index (χ2n) is 5.74. The number of hydrogen-bond acceptors (Lipinski definition) is 6. The summed E-state index contributed by atoms with van der Waals surface area (Å²) in [7, 11) is 0. The van der Waals surface area contributed by atoms with Crippen LogP contribution in [0.5, 0.6) is 11.5 Å². The van der Waals surface area contributed by atoms with Crippen molar-refractivity contribution in [3.63, 3.8) is 0 Å². The highest BCUT2D eigenvalue weighted by Gasteiger charge is 2.12. The van der Waals surface area contributed by atoms with Gasteiger partial charge in [0.2, 0.25) is 0 Å². The quantitative estimate of drug-likeness (QED) is 0.469. The molecule has 2 N–H and O–H groups in total. The normalized spacial score (nSPS) is 10.7. The third-order valence-corrected chi connectivity index (χ3v) is 3.83. The Balaban J connectivity index is 1.99. The molecular weight excluding hydrogens is 338 g/mol. The highest BCUT2D eigenvalue weighted by molar-refractivity contribution is 5.87. The monoisotopic (exact) mass is 357 g/mol. The van der Waals surface area contributed by atoms with Gasteiger partial charge >= 0.3 is 0 Å². The van der Waals surface area contributed by atoms with Crippen molar-refractivity contribution in [2.24, 2.45) is 5.10 Å². The minimum absolute atomic E-state index is 0.132. The maximum Gasteiger partial charge on any atom is 0.277 e.